The minimum Gasteiger partial charge on any atom is -0.396 e. The molecule has 1 fully saturated rings. The van der Waals surface area contributed by atoms with E-state index >= 15 is 0 Å². The third-order valence-corrected chi connectivity index (χ3v) is 3.75. The Morgan fingerprint density at radius 3 is 3.05 bits per heavy atom. The van der Waals surface area contributed by atoms with Gasteiger partial charge in [0.1, 0.15) is 0 Å². The molecule has 1 heterocycles. The average molecular weight is 276 g/mol. The standard InChI is InChI=1S/C16H24N2O2/c1-12-5-2-9-15(17-12)16(20)18-14-8-3-6-13(11-14)7-4-10-19/h3,6,8,11-12,15,17,19H,2,4-5,7,9-10H2,1H3,(H,18,20). The molecule has 2 rings (SSSR count). The lowest BCUT2D eigenvalue weighted by Crippen LogP contribution is -2.47. The van der Waals surface area contributed by atoms with E-state index < -0.39 is 0 Å². The summed E-state index contributed by atoms with van der Waals surface area (Å²) in [6, 6.07) is 8.19. The number of carbonyl (C=O) groups is 1. The van der Waals surface area contributed by atoms with Gasteiger partial charge in [0.05, 0.1) is 6.04 Å². The number of hydrogen-bond acceptors (Lipinski definition) is 3. The minimum absolute atomic E-state index is 0.0517. The summed E-state index contributed by atoms with van der Waals surface area (Å²) < 4.78 is 0. The predicted molar refractivity (Wildman–Crippen MR) is 80.7 cm³/mol. The van der Waals surface area contributed by atoms with Crippen molar-refractivity contribution >= 4 is 11.6 Å². The molecule has 1 aromatic rings. The maximum atomic E-state index is 12.2. The van der Waals surface area contributed by atoms with Gasteiger partial charge in [-0.1, -0.05) is 12.1 Å². The van der Waals surface area contributed by atoms with Crippen molar-refractivity contribution in [2.24, 2.45) is 0 Å². The fourth-order valence-electron chi connectivity index (χ4n) is 2.66. The van der Waals surface area contributed by atoms with Crippen LogP contribution in [0, 0.1) is 0 Å². The summed E-state index contributed by atoms with van der Waals surface area (Å²) in [7, 11) is 0. The molecule has 20 heavy (non-hydrogen) atoms. The van der Waals surface area contributed by atoms with Gasteiger partial charge in [-0.3, -0.25) is 4.79 Å². The van der Waals surface area contributed by atoms with Crippen molar-refractivity contribution in [3.05, 3.63) is 29.8 Å². The number of aliphatic hydroxyl groups is 1. The van der Waals surface area contributed by atoms with Crippen molar-refractivity contribution in [2.45, 2.75) is 51.1 Å². The summed E-state index contributed by atoms with van der Waals surface area (Å²) in [5, 5.41) is 15.2. The molecule has 2 unspecified atom stereocenters. The molecule has 4 nitrogen and oxygen atoms in total. The molecule has 0 aromatic heterocycles. The molecule has 0 bridgehead atoms. The lowest BCUT2D eigenvalue weighted by atomic mass is 9.99. The van der Waals surface area contributed by atoms with Crippen LogP contribution in [0.2, 0.25) is 0 Å². The van der Waals surface area contributed by atoms with E-state index in [-0.39, 0.29) is 18.6 Å². The highest BCUT2D eigenvalue weighted by Gasteiger charge is 2.23. The second-order valence-corrected chi connectivity index (χ2v) is 5.57. The molecule has 1 aliphatic heterocycles. The van der Waals surface area contributed by atoms with Gasteiger partial charge < -0.3 is 15.7 Å². The molecule has 0 aliphatic carbocycles. The van der Waals surface area contributed by atoms with E-state index in [1.54, 1.807) is 0 Å². The van der Waals surface area contributed by atoms with Gasteiger partial charge in [0.25, 0.3) is 0 Å². The quantitative estimate of drug-likeness (QED) is 0.771. The van der Waals surface area contributed by atoms with E-state index in [1.165, 1.54) is 0 Å². The van der Waals surface area contributed by atoms with Crippen molar-refractivity contribution < 1.29 is 9.90 Å². The Labute approximate surface area is 120 Å². The number of anilines is 1. The molecule has 0 saturated carbocycles. The van der Waals surface area contributed by atoms with E-state index in [0.717, 1.165) is 43.4 Å². The van der Waals surface area contributed by atoms with Gasteiger partial charge in [0, 0.05) is 18.3 Å². The molecule has 1 saturated heterocycles. The largest absolute Gasteiger partial charge is 0.396 e. The van der Waals surface area contributed by atoms with Crippen molar-refractivity contribution in [3.8, 4) is 0 Å². The monoisotopic (exact) mass is 276 g/mol. The second kappa shape index (κ2) is 7.41. The van der Waals surface area contributed by atoms with Gasteiger partial charge in [-0.25, -0.2) is 0 Å². The zero-order valence-electron chi connectivity index (χ0n) is 12.1. The summed E-state index contributed by atoms with van der Waals surface area (Å²) in [5.74, 6) is 0.0517. The summed E-state index contributed by atoms with van der Waals surface area (Å²) >= 11 is 0. The highest BCUT2D eigenvalue weighted by molar-refractivity contribution is 5.94. The Kier molecular flexibility index (Phi) is 5.56. The van der Waals surface area contributed by atoms with Gasteiger partial charge in [0.2, 0.25) is 5.91 Å². The van der Waals surface area contributed by atoms with Gasteiger partial charge in [0.15, 0.2) is 0 Å². The number of benzene rings is 1. The maximum Gasteiger partial charge on any atom is 0.241 e. The molecule has 1 aromatic carbocycles. The van der Waals surface area contributed by atoms with Crippen LogP contribution < -0.4 is 10.6 Å². The van der Waals surface area contributed by atoms with Gasteiger partial charge in [-0.2, -0.15) is 0 Å². The zero-order valence-corrected chi connectivity index (χ0v) is 12.1. The van der Waals surface area contributed by atoms with Crippen LogP contribution in [0.15, 0.2) is 24.3 Å². The third-order valence-electron chi connectivity index (χ3n) is 3.75. The van der Waals surface area contributed by atoms with E-state index in [9.17, 15) is 4.79 Å². The highest BCUT2D eigenvalue weighted by Crippen LogP contribution is 2.16. The lowest BCUT2D eigenvalue weighted by Gasteiger charge is -2.27. The summed E-state index contributed by atoms with van der Waals surface area (Å²) in [5.41, 5.74) is 1.98. The lowest BCUT2D eigenvalue weighted by molar-refractivity contribution is -0.118. The number of aliphatic hydroxyl groups excluding tert-OH is 1. The van der Waals surface area contributed by atoms with E-state index in [4.69, 9.17) is 5.11 Å². The fraction of sp³-hybridized carbons (Fsp3) is 0.562. The van der Waals surface area contributed by atoms with Crippen molar-refractivity contribution in [3.63, 3.8) is 0 Å². The average Bonchev–Trinajstić information content (AvgIpc) is 2.45. The number of rotatable bonds is 5. The molecule has 0 radical (unpaired) electrons. The van der Waals surface area contributed by atoms with Crippen molar-refractivity contribution in [1.82, 2.24) is 5.32 Å². The Morgan fingerprint density at radius 1 is 1.45 bits per heavy atom. The first kappa shape index (κ1) is 15.0. The Morgan fingerprint density at radius 2 is 2.30 bits per heavy atom. The minimum atomic E-state index is -0.0835. The SMILES string of the molecule is CC1CCCC(C(=O)Nc2cccc(CCCO)c2)N1. The van der Waals surface area contributed by atoms with Gasteiger partial charge in [-0.05, 0) is 56.7 Å². The summed E-state index contributed by atoms with van der Waals surface area (Å²) in [4.78, 5) is 12.2. The van der Waals surface area contributed by atoms with Crippen molar-refractivity contribution in [1.29, 1.82) is 0 Å². The Hall–Kier alpha value is -1.39. The fourth-order valence-corrected chi connectivity index (χ4v) is 2.66. The number of piperidine rings is 1. The Balaban J connectivity index is 1.93. The van der Waals surface area contributed by atoms with Crippen LogP contribution in [-0.4, -0.2) is 29.7 Å². The number of carbonyl (C=O) groups excluding carboxylic acids is 1. The van der Waals surface area contributed by atoms with Crippen LogP contribution in [0.4, 0.5) is 5.69 Å². The molecular weight excluding hydrogens is 252 g/mol. The molecular formula is C16H24N2O2. The van der Waals surface area contributed by atoms with E-state index in [1.807, 2.05) is 24.3 Å². The topological polar surface area (TPSA) is 61.4 Å². The number of aryl methyl sites for hydroxylation is 1. The molecule has 2 atom stereocenters. The number of nitrogens with one attached hydrogen (secondary N) is 2. The van der Waals surface area contributed by atoms with Crippen LogP contribution >= 0.6 is 0 Å². The second-order valence-electron chi connectivity index (χ2n) is 5.57. The highest BCUT2D eigenvalue weighted by atomic mass is 16.2. The molecule has 4 heteroatoms. The third kappa shape index (κ3) is 4.32. The van der Waals surface area contributed by atoms with Crippen LogP contribution in [0.3, 0.4) is 0 Å². The predicted octanol–water partition coefficient (Wildman–Crippen LogP) is 2.08. The Bertz CT molecular complexity index is 448. The molecule has 3 N–H and O–H groups in total. The van der Waals surface area contributed by atoms with Crippen molar-refractivity contribution in [2.75, 3.05) is 11.9 Å². The number of hydrogen-bond donors (Lipinski definition) is 3. The molecule has 1 amide bonds. The van der Waals surface area contributed by atoms with Crippen LogP contribution in [0.5, 0.6) is 0 Å². The molecule has 110 valence electrons. The van der Waals surface area contributed by atoms with Crippen LogP contribution in [0.1, 0.15) is 38.2 Å². The smallest absolute Gasteiger partial charge is 0.241 e. The molecule has 1 aliphatic rings. The van der Waals surface area contributed by atoms with Crippen LogP contribution in [-0.2, 0) is 11.2 Å². The van der Waals surface area contributed by atoms with Gasteiger partial charge in [-0.15, -0.1) is 0 Å². The first-order valence-corrected chi connectivity index (χ1v) is 7.46. The summed E-state index contributed by atoms with van der Waals surface area (Å²) in [6.45, 7) is 2.31. The summed E-state index contributed by atoms with van der Waals surface area (Å²) in [6.07, 6.45) is 4.72. The first-order valence-electron chi connectivity index (χ1n) is 7.46. The maximum absolute atomic E-state index is 12.2. The molecule has 0 spiro atoms. The van der Waals surface area contributed by atoms with E-state index in [2.05, 4.69) is 17.6 Å². The van der Waals surface area contributed by atoms with Crippen LogP contribution in [0.25, 0.3) is 0 Å². The number of amides is 1. The van der Waals surface area contributed by atoms with Gasteiger partial charge >= 0.3 is 0 Å². The first-order chi connectivity index (χ1) is 9.69. The van der Waals surface area contributed by atoms with E-state index in [0.29, 0.717) is 6.04 Å². The zero-order chi connectivity index (χ0) is 14.4. The normalized spacial score (nSPS) is 22.5.